The van der Waals surface area contributed by atoms with Crippen LogP contribution in [0.1, 0.15) is 39.2 Å². The van der Waals surface area contributed by atoms with Crippen LogP contribution in [0.3, 0.4) is 0 Å². The SMILES string of the molecule is Cc1cccc(OCCCNC(=O)CCNC(=O)OC(C)(C)C)c1. The third kappa shape index (κ3) is 9.71. The lowest BCUT2D eigenvalue weighted by molar-refractivity contribution is -0.120. The van der Waals surface area contributed by atoms with Gasteiger partial charge in [0, 0.05) is 19.5 Å². The molecule has 6 nitrogen and oxygen atoms in total. The molecule has 6 heteroatoms. The molecule has 0 bridgehead atoms. The standard InChI is InChI=1S/C18H28N2O4/c1-14-7-5-8-15(13-14)23-12-6-10-19-16(21)9-11-20-17(22)24-18(2,3)4/h5,7-8,13H,6,9-12H2,1-4H3,(H,19,21)(H,20,22). The molecule has 0 spiro atoms. The predicted octanol–water partition coefficient (Wildman–Crippen LogP) is 2.79. The molecule has 0 fully saturated rings. The average Bonchev–Trinajstić information content (AvgIpc) is 2.45. The summed E-state index contributed by atoms with van der Waals surface area (Å²) in [5.74, 6) is 0.726. The Kier molecular flexibility index (Phi) is 8.09. The fraction of sp³-hybridized carbons (Fsp3) is 0.556. The Labute approximate surface area is 143 Å². The number of carbonyl (C=O) groups is 2. The first-order valence-corrected chi connectivity index (χ1v) is 8.19. The van der Waals surface area contributed by atoms with Gasteiger partial charge in [0.1, 0.15) is 11.4 Å². The fourth-order valence-corrected chi connectivity index (χ4v) is 1.88. The van der Waals surface area contributed by atoms with Gasteiger partial charge in [0.2, 0.25) is 5.91 Å². The number of nitrogens with one attached hydrogen (secondary N) is 2. The Morgan fingerprint density at radius 2 is 1.88 bits per heavy atom. The van der Waals surface area contributed by atoms with Gasteiger partial charge in [-0.3, -0.25) is 4.79 Å². The van der Waals surface area contributed by atoms with Crippen LogP contribution in [0, 0.1) is 6.92 Å². The van der Waals surface area contributed by atoms with Crippen molar-refractivity contribution >= 4 is 12.0 Å². The number of rotatable bonds is 8. The van der Waals surface area contributed by atoms with Crippen molar-refractivity contribution in [2.75, 3.05) is 19.7 Å². The molecule has 24 heavy (non-hydrogen) atoms. The predicted molar refractivity (Wildman–Crippen MR) is 93.2 cm³/mol. The second kappa shape index (κ2) is 9.80. The van der Waals surface area contributed by atoms with Gasteiger partial charge < -0.3 is 20.1 Å². The zero-order valence-corrected chi connectivity index (χ0v) is 15.0. The van der Waals surface area contributed by atoms with Crippen LogP contribution in [0.5, 0.6) is 5.75 Å². The van der Waals surface area contributed by atoms with E-state index in [-0.39, 0.29) is 18.9 Å². The van der Waals surface area contributed by atoms with Crippen molar-refractivity contribution in [2.24, 2.45) is 0 Å². The Balaban J connectivity index is 2.05. The third-order valence-corrected chi connectivity index (χ3v) is 2.92. The average molecular weight is 336 g/mol. The fourth-order valence-electron chi connectivity index (χ4n) is 1.88. The van der Waals surface area contributed by atoms with Gasteiger partial charge in [-0.1, -0.05) is 12.1 Å². The van der Waals surface area contributed by atoms with E-state index in [0.29, 0.717) is 13.2 Å². The van der Waals surface area contributed by atoms with E-state index in [1.807, 2.05) is 31.2 Å². The first-order chi connectivity index (χ1) is 11.3. The van der Waals surface area contributed by atoms with E-state index in [4.69, 9.17) is 9.47 Å². The van der Waals surface area contributed by atoms with E-state index in [1.54, 1.807) is 20.8 Å². The molecule has 0 aliphatic heterocycles. The van der Waals surface area contributed by atoms with Crippen molar-refractivity contribution in [2.45, 2.75) is 46.1 Å². The highest BCUT2D eigenvalue weighted by Gasteiger charge is 2.15. The number of carbonyl (C=O) groups excluding carboxylic acids is 2. The van der Waals surface area contributed by atoms with Crippen LogP contribution in [0.4, 0.5) is 4.79 Å². The van der Waals surface area contributed by atoms with Gasteiger partial charge in [0.15, 0.2) is 0 Å². The normalized spacial score (nSPS) is 10.8. The number of amides is 2. The summed E-state index contributed by atoms with van der Waals surface area (Å²) in [4.78, 5) is 23.1. The van der Waals surface area contributed by atoms with Crippen molar-refractivity contribution < 1.29 is 19.1 Å². The van der Waals surface area contributed by atoms with Gasteiger partial charge in [-0.2, -0.15) is 0 Å². The zero-order chi connectivity index (χ0) is 18.0. The van der Waals surface area contributed by atoms with E-state index in [0.717, 1.165) is 17.7 Å². The van der Waals surface area contributed by atoms with E-state index < -0.39 is 11.7 Å². The number of aryl methyl sites for hydroxylation is 1. The number of alkyl carbamates (subject to hydrolysis) is 1. The van der Waals surface area contributed by atoms with E-state index in [1.165, 1.54) is 0 Å². The Morgan fingerprint density at radius 1 is 1.12 bits per heavy atom. The molecule has 0 saturated carbocycles. The van der Waals surface area contributed by atoms with Crippen LogP contribution < -0.4 is 15.4 Å². The molecule has 0 aliphatic rings. The van der Waals surface area contributed by atoms with Crippen LogP contribution in [-0.2, 0) is 9.53 Å². The molecule has 0 saturated heterocycles. The second-order valence-corrected chi connectivity index (χ2v) is 6.55. The van der Waals surface area contributed by atoms with Gasteiger partial charge >= 0.3 is 6.09 Å². The van der Waals surface area contributed by atoms with Crippen LogP contribution in [0.2, 0.25) is 0 Å². The molecule has 2 amide bonds. The maximum Gasteiger partial charge on any atom is 0.407 e. The number of hydrogen-bond acceptors (Lipinski definition) is 4. The van der Waals surface area contributed by atoms with Crippen molar-refractivity contribution in [1.82, 2.24) is 10.6 Å². The van der Waals surface area contributed by atoms with Gasteiger partial charge in [-0.05, 0) is 51.8 Å². The highest BCUT2D eigenvalue weighted by Crippen LogP contribution is 2.12. The summed E-state index contributed by atoms with van der Waals surface area (Å²) in [6.45, 7) is 8.71. The van der Waals surface area contributed by atoms with Crippen molar-refractivity contribution in [3.8, 4) is 5.75 Å². The molecule has 0 radical (unpaired) electrons. The Hall–Kier alpha value is -2.24. The maximum absolute atomic E-state index is 11.6. The molecular formula is C18H28N2O4. The lowest BCUT2D eigenvalue weighted by atomic mass is 10.2. The number of ether oxygens (including phenoxy) is 2. The molecule has 2 N–H and O–H groups in total. The van der Waals surface area contributed by atoms with Crippen molar-refractivity contribution in [3.63, 3.8) is 0 Å². The van der Waals surface area contributed by atoms with E-state index in [2.05, 4.69) is 10.6 Å². The van der Waals surface area contributed by atoms with Crippen LogP contribution in [-0.4, -0.2) is 37.3 Å². The van der Waals surface area contributed by atoms with E-state index >= 15 is 0 Å². The minimum absolute atomic E-state index is 0.110. The first-order valence-electron chi connectivity index (χ1n) is 8.19. The molecule has 1 aromatic carbocycles. The lowest BCUT2D eigenvalue weighted by Gasteiger charge is -2.19. The summed E-state index contributed by atoms with van der Waals surface area (Å²) in [6.07, 6.45) is 0.429. The van der Waals surface area contributed by atoms with Gasteiger partial charge in [-0.15, -0.1) is 0 Å². The summed E-state index contributed by atoms with van der Waals surface area (Å²) in [5.41, 5.74) is 0.613. The molecular weight excluding hydrogens is 308 g/mol. The number of hydrogen-bond donors (Lipinski definition) is 2. The third-order valence-electron chi connectivity index (χ3n) is 2.92. The number of benzene rings is 1. The van der Waals surface area contributed by atoms with Crippen molar-refractivity contribution in [3.05, 3.63) is 29.8 Å². The van der Waals surface area contributed by atoms with Crippen LogP contribution in [0.15, 0.2) is 24.3 Å². The summed E-state index contributed by atoms with van der Waals surface area (Å²) < 4.78 is 10.7. The van der Waals surface area contributed by atoms with Gasteiger partial charge in [0.25, 0.3) is 0 Å². The largest absolute Gasteiger partial charge is 0.494 e. The first kappa shape index (κ1) is 19.8. The maximum atomic E-state index is 11.6. The molecule has 0 aromatic heterocycles. The Morgan fingerprint density at radius 3 is 2.54 bits per heavy atom. The summed E-state index contributed by atoms with van der Waals surface area (Å²) in [5, 5.41) is 5.34. The quantitative estimate of drug-likeness (QED) is 0.716. The second-order valence-electron chi connectivity index (χ2n) is 6.55. The molecule has 0 heterocycles. The minimum Gasteiger partial charge on any atom is -0.494 e. The zero-order valence-electron chi connectivity index (χ0n) is 15.0. The van der Waals surface area contributed by atoms with E-state index in [9.17, 15) is 9.59 Å². The van der Waals surface area contributed by atoms with Gasteiger partial charge in [-0.25, -0.2) is 4.79 Å². The molecule has 0 aliphatic carbocycles. The minimum atomic E-state index is -0.538. The summed E-state index contributed by atoms with van der Waals surface area (Å²) >= 11 is 0. The molecule has 1 rings (SSSR count). The smallest absolute Gasteiger partial charge is 0.407 e. The van der Waals surface area contributed by atoms with Gasteiger partial charge in [0.05, 0.1) is 6.61 Å². The highest BCUT2D eigenvalue weighted by atomic mass is 16.6. The highest BCUT2D eigenvalue weighted by molar-refractivity contribution is 5.76. The Bertz CT molecular complexity index is 538. The topological polar surface area (TPSA) is 76.7 Å². The van der Waals surface area contributed by atoms with Crippen LogP contribution in [0.25, 0.3) is 0 Å². The monoisotopic (exact) mass is 336 g/mol. The lowest BCUT2D eigenvalue weighted by Crippen LogP contribution is -2.35. The molecule has 134 valence electrons. The summed E-state index contributed by atoms with van der Waals surface area (Å²) in [6, 6.07) is 7.84. The van der Waals surface area contributed by atoms with Crippen LogP contribution >= 0.6 is 0 Å². The summed E-state index contributed by atoms with van der Waals surface area (Å²) in [7, 11) is 0. The van der Waals surface area contributed by atoms with Crippen molar-refractivity contribution in [1.29, 1.82) is 0 Å². The molecule has 0 unspecified atom stereocenters. The molecule has 0 atom stereocenters. The molecule has 1 aromatic rings.